The summed E-state index contributed by atoms with van der Waals surface area (Å²) in [6.45, 7) is 2.19. The maximum absolute atomic E-state index is 13.5. The Morgan fingerprint density at radius 2 is 2.04 bits per heavy atom. The standard InChI is InChI=1S/C18H20F2N6O/c1-11-3-5-12(6-4-11)26-9-13(14(24-26)16(19)20)23-18(27)15-17-21-7-2-8-25(17)10-22-15/h2,7-12,16H,3-6H2,1H3,(H,23,27)/t11-,12-. The van der Waals surface area contributed by atoms with Crippen LogP contribution in [0.1, 0.15) is 61.3 Å². The maximum Gasteiger partial charge on any atom is 0.284 e. The van der Waals surface area contributed by atoms with Gasteiger partial charge in [0.15, 0.2) is 17.0 Å². The molecule has 1 N–H and O–H groups in total. The Labute approximate surface area is 154 Å². The molecule has 27 heavy (non-hydrogen) atoms. The van der Waals surface area contributed by atoms with Gasteiger partial charge < -0.3 is 5.32 Å². The van der Waals surface area contributed by atoms with E-state index in [0.29, 0.717) is 11.6 Å². The molecular formula is C18H20F2N6O. The van der Waals surface area contributed by atoms with E-state index in [-0.39, 0.29) is 17.4 Å². The van der Waals surface area contributed by atoms with Crippen molar-refractivity contribution in [2.75, 3.05) is 5.32 Å². The van der Waals surface area contributed by atoms with Crippen LogP contribution in [0.3, 0.4) is 0 Å². The van der Waals surface area contributed by atoms with E-state index in [2.05, 4.69) is 27.3 Å². The fraction of sp³-hybridized carbons (Fsp3) is 0.444. The molecule has 0 radical (unpaired) electrons. The van der Waals surface area contributed by atoms with Gasteiger partial charge >= 0.3 is 0 Å². The van der Waals surface area contributed by atoms with E-state index in [1.165, 1.54) is 12.5 Å². The molecule has 1 saturated carbocycles. The van der Waals surface area contributed by atoms with Crippen LogP contribution in [0.15, 0.2) is 31.0 Å². The lowest BCUT2D eigenvalue weighted by atomic mass is 9.87. The van der Waals surface area contributed by atoms with Gasteiger partial charge in [-0.15, -0.1) is 0 Å². The third-order valence-corrected chi connectivity index (χ3v) is 5.09. The number of rotatable bonds is 4. The minimum absolute atomic E-state index is 0.0192. The van der Waals surface area contributed by atoms with Gasteiger partial charge in [0.1, 0.15) is 6.33 Å². The van der Waals surface area contributed by atoms with Crippen LogP contribution in [0.2, 0.25) is 0 Å². The average molecular weight is 374 g/mol. The van der Waals surface area contributed by atoms with E-state index in [4.69, 9.17) is 0 Å². The van der Waals surface area contributed by atoms with Crippen LogP contribution in [0.5, 0.6) is 0 Å². The van der Waals surface area contributed by atoms with Gasteiger partial charge in [0.2, 0.25) is 0 Å². The summed E-state index contributed by atoms with van der Waals surface area (Å²) in [5.74, 6) is 0.0576. The quantitative estimate of drug-likeness (QED) is 0.752. The summed E-state index contributed by atoms with van der Waals surface area (Å²) in [7, 11) is 0. The summed E-state index contributed by atoms with van der Waals surface area (Å²) >= 11 is 0. The SMILES string of the molecule is C[C@H]1CC[C@H](n2cc(NC(=O)c3ncn4cccnc34)c(C(F)F)n2)CC1. The van der Waals surface area contributed by atoms with Crippen LogP contribution in [-0.4, -0.2) is 30.1 Å². The molecule has 7 nitrogen and oxygen atoms in total. The van der Waals surface area contributed by atoms with Gasteiger partial charge in [0.05, 0.1) is 11.7 Å². The van der Waals surface area contributed by atoms with Crippen molar-refractivity contribution in [3.05, 3.63) is 42.4 Å². The fourth-order valence-electron chi connectivity index (χ4n) is 3.54. The first-order valence-electron chi connectivity index (χ1n) is 8.99. The number of anilines is 1. The number of aromatic nitrogens is 5. The summed E-state index contributed by atoms with van der Waals surface area (Å²) in [6.07, 6.45) is 7.32. The van der Waals surface area contributed by atoms with Crippen LogP contribution in [0.25, 0.3) is 5.65 Å². The molecule has 0 aliphatic heterocycles. The summed E-state index contributed by atoms with van der Waals surface area (Å²) in [4.78, 5) is 20.7. The minimum atomic E-state index is -2.78. The molecule has 0 unspecified atom stereocenters. The first kappa shape index (κ1) is 17.6. The van der Waals surface area contributed by atoms with Crippen molar-refractivity contribution in [2.24, 2.45) is 5.92 Å². The number of carbonyl (C=O) groups excluding carboxylic acids is 1. The molecule has 0 saturated heterocycles. The van der Waals surface area contributed by atoms with Crippen molar-refractivity contribution >= 4 is 17.2 Å². The Hall–Kier alpha value is -2.84. The molecule has 3 aromatic heterocycles. The summed E-state index contributed by atoms with van der Waals surface area (Å²) in [5.41, 5.74) is 0.0430. The molecule has 3 aromatic rings. The van der Waals surface area contributed by atoms with Crippen molar-refractivity contribution in [1.82, 2.24) is 24.1 Å². The Bertz CT molecular complexity index is 958. The monoisotopic (exact) mass is 374 g/mol. The average Bonchev–Trinajstić information content (AvgIpc) is 3.26. The lowest BCUT2D eigenvalue weighted by Crippen LogP contribution is -2.17. The van der Waals surface area contributed by atoms with Crippen molar-refractivity contribution in [3.8, 4) is 0 Å². The zero-order valence-corrected chi connectivity index (χ0v) is 14.8. The van der Waals surface area contributed by atoms with Gasteiger partial charge in [-0.25, -0.2) is 18.7 Å². The normalized spacial score (nSPS) is 20.3. The highest BCUT2D eigenvalue weighted by Gasteiger charge is 2.26. The van der Waals surface area contributed by atoms with Crippen LogP contribution in [0.4, 0.5) is 14.5 Å². The van der Waals surface area contributed by atoms with E-state index < -0.39 is 18.0 Å². The Morgan fingerprint density at radius 1 is 1.26 bits per heavy atom. The van der Waals surface area contributed by atoms with Gasteiger partial charge in [-0.3, -0.25) is 13.9 Å². The predicted molar refractivity (Wildman–Crippen MR) is 94.8 cm³/mol. The molecule has 3 heterocycles. The Morgan fingerprint density at radius 3 is 2.78 bits per heavy atom. The molecule has 9 heteroatoms. The third-order valence-electron chi connectivity index (χ3n) is 5.09. The molecule has 0 aromatic carbocycles. The van der Waals surface area contributed by atoms with Gasteiger partial charge in [0.25, 0.3) is 12.3 Å². The Kier molecular flexibility index (Phi) is 4.59. The molecule has 1 amide bonds. The number of alkyl halides is 2. The van der Waals surface area contributed by atoms with E-state index in [9.17, 15) is 13.6 Å². The largest absolute Gasteiger partial charge is 0.317 e. The van der Waals surface area contributed by atoms with E-state index >= 15 is 0 Å². The third kappa shape index (κ3) is 3.41. The lowest BCUT2D eigenvalue weighted by molar-refractivity contribution is 0.102. The second-order valence-corrected chi connectivity index (χ2v) is 7.02. The fourth-order valence-corrected chi connectivity index (χ4v) is 3.54. The molecule has 1 aliphatic carbocycles. The molecule has 1 fully saturated rings. The Balaban J connectivity index is 1.60. The number of nitrogens with zero attached hydrogens (tertiary/aromatic N) is 5. The van der Waals surface area contributed by atoms with Crippen LogP contribution in [0, 0.1) is 5.92 Å². The van der Waals surface area contributed by atoms with E-state index in [1.807, 2.05) is 0 Å². The second kappa shape index (κ2) is 7.05. The molecule has 142 valence electrons. The topological polar surface area (TPSA) is 77.1 Å². The van der Waals surface area contributed by atoms with Crippen LogP contribution < -0.4 is 5.32 Å². The summed E-state index contributed by atoms with van der Waals surface area (Å²) in [5, 5.41) is 6.60. The highest BCUT2D eigenvalue weighted by Crippen LogP contribution is 2.34. The van der Waals surface area contributed by atoms with Crippen LogP contribution >= 0.6 is 0 Å². The minimum Gasteiger partial charge on any atom is -0.317 e. The molecule has 0 atom stereocenters. The first-order valence-corrected chi connectivity index (χ1v) is 8.99. The predicted octanol–water partition coefficient (Wildman–Crippen LogP) is 3.87. The first-order chi connectivity index (χ1) is 13.0. The molecule has 1 aliphatic rings. The number of imidazole rings is 1. The zero-order chi connectivity index (χ0) is 19.0. The molecule has 0 bridgehead atoms. The molecule has 0 spiro atoms. The highest BCUT2D eigenvalue weighted by atomic mass is 19.3. The van der Waals surface area contributed by atoms with Gasteiger partial charge in [-0.2, -0.15) is 5.10 Å². The number of hydrogen-bond acceptors (Lipinski definition) is 4. The van der Waals surface area contributed by atoms with Crippen molar-refractivity contribution < 1.29 is 13.6 Å². The van der Waals surface area contributed by atoms with E-state index in [1.54, 1.807) is 27.5 Å². The number of fused-ring (bicyclic) bond motifs is 1. The summed E-state index contributed by atoms with van der Waals surface area (Å²) in [6, 6.07) is 1.79. The van der Waals surface area contributed by atoms with E-state index in [0.717, 1.165) is 25.7 Å². The van der Waals surface area contributed by atoms with Crippen molar-refractivity contribution in [1.29, 1.82) is 0 Å². The smallest absolute Gasteiger partial charge is 0.284 e. The number of halogens is 2. The van der Waals surface area contributed by atoms with Gasteiger partial charge in [-0.05, 0) is 37.7 Å². The lowest BCUT2D eigenvalue weighted by Gasteiger charge is -2.26. The number of hydrogen-bond donors (Lipinski definition) is 1. The van der Waals surface area contributed by atoms with Crippen LogP contribution in [-0.2, 0) is 0 Å². The zero-order valence-electron chi connectivity index (χ0n) is 14.8. The second-order valence-electron chi connectivity index (χ2n) is 7.02. The molecule has 4 rings (SSSR count). The van der Waals surface area contributed by atoms with Crippen molar-refractivity contribution in [3.63, 3.8) is 0 Å². The number of nitrogens with one attached hydrogen (secondary N) is 1. The summed E-state index contributed by atoms with van der Waals surface area (Å²) < 4.78 is 30.1. The van der Waals surface area contributed by atoms with Gasteiger partial charge in [0, 0.05) is 18.6 Å². The number of carbonyl (C=O) groups is 1. The maximum atomic E-state index is 13.5. The molecular weight excluding hydrogens is 354 g/mol. The highest BCUT2D eigenvalue weighted by molar-refractivity contribution is 6.07. The van der Waals surface area contributed by atoms with Gasteiger partial charge in [-0.1, -0.05) is 6.92 Å². The number of amides is 1. The van der Waals surface area contributed by atoms with Crippen molar-refractivity contribution in [2.45, 2.75) is 45.1 Å².